The fourth-order valence-electron chi connectivity index (χ4n) is 2.80. The molecule has 0 nitrogen and oxygen atoms in total. The van der Waals surface area contributed by atoms with Gasteiger partial charge in [0.05, 0.1) is 30.7 Å². The first-order valence-corrected chi connectivity index (χ1v) is 10.6. The zero-order valence-corrected chi connectivity index (χ0v) is 15.1. The van der Waals surface area contributed by atoms with Crippen LogP contribution < -0.4 is 10.6 Å². The monoisotopic (exact) mass is 369 g/mol. The predicted molar refractivity (Wildman–Crippen MR) is 103 cm³/mol. The summed E-state index contributed by atoms with van der Waals surface area (Å²) in [6, 6.07) is 30.6. The van der Waals surface area contributed by atoms with Crippen LogP contribution in [0.1, 0.15) is 5.56 Å². The second kappa shape index (κ2) is 6.77. The summed E-state index contributed by atoms with van der Waals surface area (Å²) >= 11 is 3.52. The van der Waals surface area contributed by atoms with Crippen LogP contribution >= 0.6 is 23.2 Å². The minimum Gasteiger partial charge on any atom is -0.0620 e. The number of hydrogen-bond donors (Lipinski definition) is 0. The first-order valence-electron chi connectivity index (χ1n) is 7.40. The summed E-state index contributed by atoms with van der Waals surface area (Å²) in [5.41, 5.74) is 1.40. The highest BCUT2D eigenvalue weighted by atomic mass is 79.9. The molecule has 0 bridgehead atoms. The highest BCUT2D eigenvalue weighted by Crippen LogP contribution is 2.55. The first kappa shape index (κ1) is 15.5. The van der Waals surface area contributed by atoms with E-state index in [0.717, 1.165) is 10.6 Å². The summed E-state index contributed by atoms with van der Waals surface area (Å²) < 4.78 is 1.13. The van der Waals surface area contributed by atoms with Crippen molar-refractivity contribution in [1.82, 2.24) is 0 Å². The van der Waals surface area contributed by atoms with E-state index >= 15 is 0 Å². The fraction of sp³-hybridized carbons (Fsp3) is 0.100. The van der Waals surface area contributed by atoms with Crippen LogP contribution in [0, 0.1) is 0 Å². The van der Waals surface area contributed by atoms with E-state index in [1.54, 1.807) is 0 Å². The lowest BCUT2D eigenvalue weighted by Gasteiger charge is -2.23. The van der Waals surface area contributed by atoms with Crippen LogP contribution in [0.3, 0.4) is 0 Å². The fourth-order valence-corrected chi connectivity index (χ4v) is 6.33. The molecule has 0 aliphatic carbocycles. The van der Waals surface area contributed by atoms with Gasteiger partial charge in [0.1, 0.15) is 0 Å². The zero-order valence-electron chi connectivity index (χ0n) is 12.6. The molecule has 0 aliphatic heterocycles. The van der Waals surface area contributed by atoms with Gasteiger partial charge >= 0.3 is 0 Å². The van der Waals surface area contributed by atoms with Crippen LogP contribution in [-0.2, 0) is 6.16 Å². The highest BCUT2D eigenvalue weighted by molar-refractivity contribution is 9.10. The molecule has 22 heavy (non-hydrogen) atoms. The van der Waals surface area contributed by atoms with Crippen molar-refractivity contribution in [2.45, 2.75) is 6.16 Å². The number of halogens is 1. The van der Waals surface area contributed by atoms with Crippen LogP contribution in [0.15, 0.2) is 89.4 Å². The average molecular weight is 370 g/mol. The van der Waals surface area contributed by atoms with Crippen molar-refractivity contribution in [3.63, 3.8) is 0 Å². The summed E-state index contributed by atoms with van der Waals surface area (Å²) in [5, 5.41) is 2.92. The maximum Gasteiger partial charge on any atom is 0.0992 e. The lowest BCUT2D eigenvalue weighted by atomic mass is 10.2. The molecule has 0 heterocycles. The Hall–Kier alpha value is -1.43. The van der Waals surface area contributed by atoms with Crippen LogP contribution in [0.5, 0.6) is 0 Å². The molecule has 0 atom stereocenters. The third-order valence-electron chi connectivity index (χ3n) is 4.06. The minimum absolute atomic E-state index is 1.09. The Morgan fingerprint density at radius 2 is 1.14 bits per heavy atom. The first-order chi connectivity index (χ1) is 10.7. The quantitative estimate of drug-likeness (QED) is 0.551. The zero-order chi connectivity index (χ0) is 15.4. The Kier molecular flexibility index (Phi) is 4.76. The topological polar surface area (TPSA) is 0 Å². The molecule has 0 saturated carbocycles. The molecule has 0 aromatic heterocycles. The van der Waals surface area contributed by atoms with Gasteiger partial charge in [-0.05, 0) is 42.0 Å². The van der Waals surface area contributed by atoms with E-state index in [4.69, 9.17) is 0 Å². The van der Waals surface area contributed by atoms with E-state index in [2.05, 4.69) is 108 Å². The second-order valence-electron chi connectivity index (χ2n) is 5.65. The van der Waals surface area contributed by atoms with E-state index in [0.29, 0.717) is 0 Å². The summed E-state index contributed by atoms with van der Waals surface area (Å²) in [5.74, 6) is 0. The molecule has 0 aliphatic rings. The number of benzene rings is 3. The molecular formula is C20H19BrP+. The smallest absolute Gasteiger partial charge is 0.0620 e. The lowest BCUT2D eigenvalue weighted by molar-refractivity contribution is 1.38. The molecule has 0 spiro atoms. The van der Waals surface area contributed by atoms with Gasteiger partial charge in [-0.1, -0.05) is 64.5 Å². The molecule has 0 fully saturated rings. The van der Waals surface area contributed by atoms with Crippen molar-refractivity contribution in [2.24, 2.45) is 0 Å². The van der Waals surface area contributed by atoms with E-state index in [1.165, 1.54) is 16.2 Å². The van der Waals surface area contributed by atoms with E-state index in [-0.39, 0.29) is 0 Å². The summed E-state index contributed by atoms with van der Waals surface area (Å²) in [6.07, 6.45) is 1.09. The summed E-state index contributed by atoms with van der Waals surface area (Å²) in [7, 11) is -1.43. The van der Waals surface area contributed by atoms with Gasteiger partial charge in [0, 0.05) is 4.47 Å². The Balaban J connectivity index is 2.05. The van der Waals surface area contributed by atoms with E-state index < -0.39 is 7.26 Å². The van der Waals surface area contributed by atoms with Crippen LogP contribution in [0.4, 0.5) is 0 Å². The van der Waals surface area contributed by atoms with Crippen molar-refractivity contribution in [3.8, 4) is 0 Å². The molecular weight excluding hydrogens is 351 g/mol. The van der Waals surface area contributed by atoms with Crippen molar-refractivity contribution in [1.29, 1.82) is 0 Å². The molecule has 3 rings (SSSR count). The van der Waals surface area contributed by atoms with E-state index in [9.17, 15) is 0 Å². The van der Waals surface area contributed by atoms with E-state index in [1.807, 2.05) is 0 Å². The Morgan fingerprint density at radius 1 is 0.682 bits per heavy atom. The minimum atomic E-state index is -1.43. The average Bonchev–Trinajstić information content (AvgIpc) is 2.58. The highest BCUT2D eigenvalue weighted by Gasteiger charge is 2.37. The molecule has 0 radical (unpaired) electrons. The second-order valence-corrected chi connectivity index (χ2v) is 10.3. The van der Waals surface area contributed by atoms with Crippen LogP contribution in [0.2, 0.25) is 0 Å². The Labute approximate surface area is 141 Å². The molecule has 3 aromatic rings. The third-order valence-corrected chi connectivity index (χ3v) is 8.47. The summed E-state index contributed by atoms with van der Waals surface area (Å²) in [4.78, 5) is 0. The molecule has 110 valence electrons. The van der Waals surface area contributed by atoms with Crippen molar-refractivity contribution >= 4 is 33.8 Å². The van der Waals surface area contributed by atoms with Gasteiger partial charge < -0.3 is 0 Å². The summed E-state index contributed by atoms with van der Waals surface area (Å²) in [6.45, 7) is 2.44. The lowest BCUT2D eigenvalue weighted by Crippen LogP contribution is -2.22. The molecule has 3 aromatic carbocycles. The maximum atomic E-state index is 3.52. The van der Waals surface area contributed by atoms with Crippen LogP contribution in [-0.4, -0.2) is 6.66 Å². The largest absolute Gasteiger partial charge is 0.0992 e. The standard InChI is InChI=1S/C20H19BrP/c1-22(19-8-4-2-5-9-19,20-10-6-3-7-11-20)16-17-12-14-18(21)15-13-17/h2-15H,16H2,1H3/q+1. The van der Waals surface area contributed by atoms with Gasteiger partial charge in [-0.2, -0.15) is 0 Å². The van der Waals surface area contributed by atoms with Gasteiger partial charge in [0.2, 0.25) is 0 Å². The Morgan fingerprint density at radius 3 is 1.59 bits per heavy atom. The third kappa shape index (κ3) is 3.32. The number of hydrogen-bond acceptors (Lipinski definition) is 0. The molecule has 0 amide bonds. The molecule has 2 heteroatoms. The SMILES string of the molecule is C[P+](Cc1ccc(Br)cc1)(c1ccccc1)c1ccccc1. The van der Waals surface area contributed by atoms with Crippen LogP contribution in [0.25, 0.3) is 0 Å². The van der Waals surface area contributed by atoms with Gasteiger partial charge in [0.15, 0.2) is 0 Å². The molecule has 0 N–H and O–H groups in total. The maximum absolute atomic E-state index is 3.52. The van der Waals surface area contributed by atoms with Gasteiger partial charge in [-0.25, -0.2) is 0 Å². The van der Waals surface area contributed by atoms with Crippen molar-refractivity contribution in [3.05, 3.63) is 95.0 Å². The van der Waals surface area contributed by atoms with Gasteiger partial charge in [0.25, 0.3) is 0 Å². The number of rotatable bonds is 4. The van der Waals surface area contributed by atoms with Gasteiger partial charge in [-0.15, -0.1) is 0 Å². The molecule has 0 unspecified atom stereocenters. The normalized spacial score (nSPS) is 11.4. The molecule has 0 saturated heterocycles. The van der Waals surface area contributed by atoms with Gasteiger partial charge in [-0.3, -0.25) is 0 Å². The van der Waals surface area contributed by atoms with Crippen molar-refractivity contribution < 1.29 is 0 Å². The predicted octanol–water partition coefficient (Wildman–Crippen LogP) is 5.25. The Bertz CT molecular complexity index is 681. The van der Waals surface area contributed by atoms with Crippen molar-refractivity contribution in [2.75, 3.05) is 6.66 Å².